The monoisotopic (exact) mass is 1120 g/mol. The number of likely N-dealkylation sites (N-methyl/N-ethyl adjacent to an activating group) is 1. The van der Waals surface area contributed by atoms with Gasteiger partial charge in [0.05, 0.1) is 41.0 Å². The summed E-state index contributed by atoms with van der Waals surface area (Å²) in [5, 5.41) is 2.99. The molecule has 4 aliphatic rings. The molecule has 8 rings (SSSR count). The number of carbonyl (C=O) groups is 7. The number of allylic oxidation sites excluding steroid dienone is 6. The number of nitrogens with zero attached hydrogens (tertiary/aromatic N) is 6. The van der Waals surface area contributed by atoms with Crippen molar-refractivity contribution in [1.29, 1.82) is 0 Å². The van der Waals surface area contributed by atoms with E-state index in [1.165, 1.54) is 25.2 Å². The molecular weight excluding hydrogens is 1060 g/mol. The number of benzene rings is 3. The van der Waals surface area contributed by atoms with Crippen LogP contribution in [-0.4, -0.2) is 115 Å². The zero-order chi connectivity index (χ0) is 57.2. The number of aromatic nitrogens is 1. The summed E-state index contributed by atoms with van der Waals surface area (Å²) in [5.74, 6) is -4.47. The van der Waals surface area contributed by atoms with Crippen LogP contribution in [0, 0.1) is 0 Å². The standard InChI is InChI=1S/C55H58N6O16S2/c1-54(2)40-32-37(52(67)58(5)75-30-11-7-10-18-49(66)76-60-45(62)25-26-46(60)63)34-59(29-13-31-78(69,70)71)51(40)56-43(54)16-8-6-9-17-44-55(3,33-35-19-21-36(22-20-35)53(68)77-61-47(64)27-28-48(61)65)50-39-14-12-15-42(79(72,73)74)38(39)23-24-41(50)57(44)4/h6,8-9,12,14-17,19-24,32,34H,7,10-11,13,18,25-31,33H2,1-5H3,(H-,69,70,71,72,73,74)/p+1. The summed E-state index contributed by atoms with van der Waals surface area (Å²) in [7, 11) is -5.57. The minimum atomic E-state index is -4.61. The van der Waals surface area contributed by atoms with E-state index in [-0.39, 0.29) is 67.7 Å². The average molecular weight is 1120 g/mol. The molecule has 1 aromatic heterocycles. The maximum Gasteiger partial charge on any atom is 0.363 e. The molecule has 0 aliphatic carbocycles. The van der Waals surface area contributed by atoms with Crippen molar-refractivity contribution in [2.45, 2.75) is 107 Å². The first kappa shape index (κ1) is 57.4. The third-order valence-electron chi connectivity index (χ3n) is 14.3. The van der Waals surface area contributed by atoms with Gasteiger partial charge in [0.15, 0.2) is 5.71 Å². The molecule has 22 nitrogen and oxygen atoms in total. The van der Waals surface area contributed by atoms with Crippen molar-refractivity contribution in [2.75, 3.05) is 31.4 Å². The van der Waals surface area contributed by atoms with Gasteiger partial charge < -0.3 is 14.6 Å². The fraction of sp³-hybridized carbons (Fsp3) is 0.364. The fourth-order valence-corrected chi connectivity index (χ4v) is 11.4. The quantitative estimate of drug-likeness (QED) is 0.0240. The molecule has 5 heterocycles. The van der Waals surface area contributed by atoms with E-state index in [0.29, 0.717) is 63.7 Å². The maximum atomic E-state index is 13.9. The molecule has 3 aromatic carbocycles. The van der Waals surface area contributed by atoms with Gasteiger partial charge in [-0.3, -0.25) is 37.9 Å². The Morgan fingerprint density at radius 3 is 2.09 bits per heavy atom. The van der Waals surface area contributed by atoms with Gasteiger partial charge >= 0.3 is 17.8 Å². The highest BCUT2D eigenvalue weighted by Gasteiger charge is 2.45. The van der Waals surface area contributed by atoms with Gasteiger partial charge in [-0.2, -0.15) is 16.8 Å². The number of hydrogen-bond donors (Lipinski definition) is 2. The molecular formula is C55H59N6O16S2+. The van der Waals surface area contributed by atoms with Crippen LogP contribution in [0.3, 0.4) is 0 Å². The number of carbonyl (C=O) groups excluding carboxylic acids is 7. The van der Waals surface area contributed by atoms with Gasteiger partial charge in [-0.15, -0.1) is 10.1 Å². The topological polar surface area (TPSA) is 285 Å². The largest absolute Gasteiger partial charge is 0.363 e. The first-order chi connectivity index (χ1) is 37.3. The predicted molar refractivity (Wildman–Crippen MR) is 284 cm³/mol. The van der Waals surface area contributed by atoms with Crippen molar-refractivity contribution in [2.24, 2.45) is 4.99 Å². The molecule has 2 N–H and O–H groups in total. The van der Waals surface area contributed by atoms with E-state index in [9.17, 15) is 59.5 Å². The number of imide groups is 2. The Hall–Kier alpha value is -7.77. The van der Waals surface area contributed by atoms with E-state index < -0.39 is 78.3 Å². The minimum absolute atomic E-state index is 0.00433. The highest BCUT2D eigenvalue weighted by molar-refractivity contribution is 7.86. The zero-order valence-electron chi connectivity index (χ0n) is 44.0. The number of aryl methyl sites for hydroxylation is 1. The lowest BCUT2D eigenvalue weighted by molar-refractivity contribution is -0.684. The van der Waals surface area contributed by atoms with Gasteiger partial charge in [-0.1, -0.05) is 55.0 Å². The van der Waals surface area contributed by atoms with Crippen LogP contribution in [0.25, 0.3) is 10.8 Å². The van der Waals surface area contributed by atoms with E-state index in [2.05, 4.69) is 0 Å². The molecule has 2 saturated heterocycles. The molecule has 0 bridgehead atoms. The van der Waals surface area contributed by atoms with Crippen molar-refractivity contribution >= 4 is 89.7 Å². The molecule has 79 heavy (non-hydrogen) atoms. The number of fused-ring (bicyclic) bond motifs is 4. The Balaban J connectivity index is 1.00. The molecule has 5 amide bonds. The first-order valence-electron chi connectivity index (χ1n) is 25.4. The molecule has 416 valence electrons. The number of unbranched alkanes of at least 4 members (excludes halogenated alkanes) is 2. The smallest absolute Gasteiger partial charge is 0.347 e. The Morgan fingerprint density at radius 2 is 1.44 bits per heavy atom. The van der Waals surface area contributed by atoms with E-state index in [1.54, 1.807) is 59.3 Å². The molecule has 1 atom stereocenters. The van der Waals surface area contributed by atoms with E-state index in [1.807, 2.05) is 57.0 Å². The van der Waals surface area contributed by atoms with Crippen LogP contribution in [0.5, 0.6) is 0 Å². The van der Waals surface area contributed by atoms with Crippen LogP contribution in [0.1, 0.15) is 116 Å². The Labute approximate surface area is 455 Å². The Kier molecular flexibility index (Phi) is 16.6. The number of amides is 5. The molecule has 0 spiro atoms. The fourth-order valence-electron chi connectivity index (χ4n) is 10.2. The van der Waals surface area contributed by atoms with Gasteiger partial charge in [0.2, 0.25) is 0 Å². The second-order valence-electron chi connectivity index (χ2n) is 20.2. The second kappa shape index (κ2) is 22.9. The lowest BCUT2D eigenvalue weighted by Gasteiger charge is -2.29. The van der Waals surface area contributed by atoms with Gasteiger partial charge in [0.25, 0.3) is 49.8 Å². The number of aliphatic imine (C=N–C) groups is 1. The molecule has 0 radical (unpaired) electrons. The van der Waals surface area contributed by atoms with Crippen LogP contribution >= 0.6 is 0 Å². The number of pyridine rings is 1. The predicted octanol–water partition coefficient (Wildman–Crippen LogP) is 6.05. The van der Waals surface area contributed by atoms with E-state index in [0.717, 1.165) is 27.6 Å². The lowest BCUT2D eigenvalue weighted by atomic mass is 9.74. The van der Waals surface area contributed by atoms with Crippen LogP contribution in [0.2, 0.25) is 0 Å². The molecule has 1 unspecified atom stereocenters. The van der Waals surface area contributed by atoms with Gasteiger partial charge in [0, 0.05) is 74.8 Å². The summed E-state index contributed by atoms with van der Waals surface area (Å²) in [6, 6.07) is 16.4. The normalized spacial score (nSPS) is 18.6. The minimum Gasteiger partial charge on any atom is -0.347 e. The average Bonchev–Trinajstić information content (AvgIpc) is 3.99. The van der Waals surface area contributed by atoms with Crippen molar-refractivity contribution < 1.29 is 78.6 Å². The number of hydroxylamine groups is 6. The molecule has 2 fully saturated rings. The zero-order valence-corrected chi connectivity index (χ0v) is 45.7. The van der Waals surface area contributed by atoms with E-state index in [4.69, 9.17) is 19.5 Å². The molecule has 0 saturated carbocycles. The summed E-state index contributed by atoms with van der Waals surface area (Å²) in [6.45, 7) is 6.07. The number of rotatable bonds is 21. The van der Waals surface area contributed by atoms with Crippen LogP contribution in [-0.2, 0) is 82.5 Å². The summed E-state index contributed by atoms with van der Waals surface area (Å²) in [4.78, 5) is 109. The van der Waals surface area contributed by atoms with Gasteiger partial charge in [-0.25, -0.2) is 19.2 Å². The van der Waals surface area contributed by atoms with Crippen molar-refractivity contribution in [3.05, 3.63) is 131 Å². The molecule has 4 aromatic rings. The number of anilines is 1. The van der Waals surface area contributed by atoms with Crippen LogP contribution in [0.15, 0.2) is 113 Å². The maximum absolute atomic E-state index is 13.9. The SMILES string of the molecule is CN(OCCCCCC(=O)ON1C(=O)CCC1=O)C(=O)c1cc2c([n+](CCCS(=O)(=O)O)c1)N=C(/C=C/C=C/C=C1/N(C)c3ccc4c(S(=O)(=O)O)cccc4c3C1(C)Cc1ccc(C(=O)ON3C(=O)CCC3=O)cc1)C2(C)C. The summed E-state index contributed by atoms with van der Waals surface area (Å²) < 4.78 is 70.0. The summed E-state index contributed by atoms with van der Waals surface area (Å²) >= 11 is 0. The summed E-state index contributed by atoms with van der Waals surface area (Å²) in [6.07, 6.45) is 12.3. The van der Waals surface area contributed by atoms with Crippen molar-refractivity contribution in [3.8, 4) is 0 Å². The summed E-state index contributed by atoms with van der Waals surface area (Å²) in [5.41, 5.74) is 3.12. The van der Waals surface area contributed by atoms with Gasteiger partial charge in [-0.05, 0) is 104 Å². The van der Waals surface area contributed by atoms with Gasteiger partial charge in [0.1, 0.15) is 11.1 Å². The van der Waals surface area contributed by atoms with Crippen LogP contribution < -0.4 is 9.47 Å². The highest BCUT2D eigenvalue weighted by atomic mass is 32.2. The lowest BCUT2D eigenvalue weighted by Crippen LogP contribution is -2.39. The Bertz CT molecular complexity index is 3520. The third-order valence-corrected chi connectivity index (χ3v) is 16.0. The van der Waals surface area contributed by atoms with E-state index >= 15 is 0 Å². The molecule has 24 heteroatoms. The molecule has 4 aliphatic heterocycles. The number of hydrogen-bond acceptors (Lipinski definition) is 16. The third kappa shape index (κ3) is 12.4. The van der Waals surface area contributed by atoms with Crippen molar-refractivity contribution in [1.82, 2.24) is 15.2 Å². The second-order valence-corrected chi connectivity index (χ2v) is 23.2. The van der Waals surface area contributed by atoms with Crippen molar-refractivity contribution in [3.63, 3.8) is 0 Å². The first-order valence-corrected chi connectivity index (χ1v) is 28.4. The van der Waals surface area contributed by atoms with Crippen LogP contribution in [0.4, 0.5) is 11.5 Å². The highest BCUT2D eigenvalue weighted by Crippen LogP contribution is 2.52. The Morgan fingerprint density at radius 1 is 0.785 bits per heavy atom.